The molecule has 8 rings (SSSR count). The minimum Gasteiger partial charge on any atom is -0.478 e. The number of carboxylic acid groups (broad SMARTS) is 1. The number of benzene rings is 4. The number of halogens is 4. The van der Waals surface area contributed by atoms with Crippen molar-refractivity contribution in [1.82, 2.24) is 29.7 Å². The summed E-state index contributed by atoms with van der Waals surface area (Å²) in [5, 5.41) is 28.3. The lowest BCUT2D eigenvalue weighted by Gasteiger charge is -2.16. The molecule has 4 heterocycles. The lowest BCUT2D eigenvalue weighted by molar-refractivity contribution is -0.173. The molecule has 2 fully saturated rings. The van der Waals surface area contributed by atoms with Gasteiger partial charge in [-0.2, -0.15) is 15.3 Å². The van der Waals surface area contributed by atoms with Gasteiger partial charge in [-0.25, -0.2) is 27.2 Å². The first-order valence-corrected chi connectivity index (χ1v) is 19.9. The fraction of sp³-hybridized carbons (Fsp3) is 0.273. The van der Waals surface area contributed by atoms with Crippen LogP contribution in [0.15, 0.2) is 73.1 Å². The van der Waals surface area contributed by atoms with E-state index >= 15 is 0 Å². The number of carbonyl (C=O) groups excluding carboxylic acids is 5. The van der Waals surface area contributed by atoms with Crippen molar-refractivity contribution in [3.63, 3.8) is 0 Å². The van der Waals surface area contributed by atoms with Gasteiger partial charge in [0.15, 0.2) is 23.1 Å². The minimum absolute atomic E-state index is 0.0328. The highest BCUT2D eigenvalue weighted by Crippen LogP contribution is 2.34. The molecule has 4 aromatic carbocycles. The number of hydrogen-bond acceptors (Lipinski definition) is 12. The SMILES string of the molecule is CC(C)Cn1ncc2cc(Oc3ccc(F)cc3F)c(C(=O)O)cc21.CC(C)Cn1ncc2cc(Oc3ccc(F)cc3F)c(C(=O)ON3C(=O)CCC3=O)cc21.O=C1CCC(=O)N1O. The predicted molar refractivity (Wildman–Crippen MR) is 218 cm³/mol. The van der Waals surface area contributed by atoms with E-state index in [1.165, 1.54) is 24.3 Å². The van der Waals surface area contributed by atoms with Gasteiger partial charge in [-0.15, -0.1) is 5.06 Å². The monoisotopic (exact) mass is 904 g/mol. The Labute approximate surface area is 366 Å². The quantitative estimate of drug-likeness (QED) is 0.0718. The number of hydroxylamine groups is 4. The number of hydrogen-bond donors (Lipinski definition) is 2. The average molecular weight is 905 g/mol. The first-order chi connectivity index (χ1) is 30.8. The van der Waals surface area contributed by atoms with Crippen molar-refractivity contribution in [1.29, 1.82) is 0 Å². The van der Waals surface area contributed by atoms with Crippen molar-refractivity contribution in [2.75, 3.05) is 0 Å². The van der Waals surface area contributed by atoms with Crippen LogP contribution in [0.5, 0.6) is 23.0 Å². The Kier molecular flexibility index (Phi) is 14.3. The third-order valence-electron chi connectivity index (χ3n) is 9.45. The molecule has 17 nitrogen and oxygen atoms in total. The number of aromatic nitrogens is 4. The van der Waals surface area contributed by atoms with Crippen molar-refractivity contribution in [3.8, 4) is 23.0 Å². The highest BCUT2D eigenvalue weighted by atomic mass is 19.1. The standard InChI is InChI=1S/C22H19F2N3O5.C18H16F2N2O3.C4H5NO3/c1-12(2)11-26-17-9-15(22(30)32-27-20(28)5-6-21(27)29)19(7-13(17)10-25-26)31-18-4-3-14(23)8-16(18)24;1-10(2)9-22-15-7-13(18(23)24)17(5-11(15)8-21-22)25-16-4-3-12(19)6-14(16)20;6-3-1-2-4(7)5(3)8/h3-4,7-10,12H,5-6,11H2,1-2H3;3-8,10H,9H2,1-2H3,(H,23,24);8H,1-2H2. The van der Waals surface area contributed by atoms with Crippen LogP contribution in [-0.4, -0.2) is 75.6 Å². The van der Waals surface area contributed by atoms with Crippen LogP contribution in [0.3, 0.4) is 0 Å². The first-order valence-electron chi connectivity index (χ1n) is 19.9. The van der Waals surface area contributed by atoms with Crippen molar-refractivity contribution in [2.45, 2.75) is 66.5 Å². The second-order valence-electron chi connectivity index (χ2n) is 15.5. The van der Waals surface area contributed by atoms with Crippen LogP contribution in [-0.2, 0) is 37.1 Å². The molecule has 0 radical (unpaired) electrons. The molecule has 2 saturated heterocycles. The van der Waals surface area contributed by atoms with Gasteiger partial charge in [-0.1, -0.05) is 27.7 Å². The number of imide groups is 2. The van der Waals surface area contributed by atoms with Gasteiger partial charge in [0.1, 0.15) is 34.3 Å². The zero-order valence-electron chi connectivity index (χ0n) is 35.1. The molecule has 2 aliphatic heterocycles. The van der Waals surface area contributed by atoms with E-state index in [-0.39, 0.29) is 70.8 Å². The van der Waals surface area contributed by atoms with E-state index in [0.29, 0.717) is 58.0 Å². The number of carboxylic acids is 1. The number of carbonyl (C=O) groups is 6. The normalized spacial score (nSPS) is 13.7. The van der Waals surface area contributed by atoms with Gasteiger partial charge in [0.25, 0.3) is 23.6 Å². The van der Waals surface area contributed by atoms with Gasteiger partial charge >= 0.3 is 11.9 Å². The number of amides is 4. The third kappa shape index (κ3) is 11.1. The number of ether oxygens (including phenoxy) is 2. The summed E-state index contributed by atoms with van der Waals surface area (Å²) in [6.07, 6.45) is 3.34. The van der Waals surface area contributed by atoms with E-state index in [2.05, 4.69) is 10.2 Å². The van der Waals surface area contributed by atoms with Crippen LogP contribution in [0, 0.1) is 35.1 Å². The zero-order valence-corrected chi connectivity index (χ0v) is 35.1. The Morgan fingerprint density at radius 1 is 0.615 bits per heavy atom. The Hall–Kier alpha value is -7.68. The molecule has 0 aliphatic carbocycles. The van der Waals surface area contributed by atoms with Gasteiger partial charge in [-0.05, 0) is 60.4 Å². The zero-order chi connectivity index (χ0) is 47.3. The highest BCUT2D eigenvalue weighted by Gasteiger charge is 2.34. The molecule has 4 amide bonds. The Morgan fingerprint density at radius 2 is 1.03 bits per heavy atom. The van der Waals surface area contributed by atoms with E-state index in [1.54, 1.807) is 21.8 Å². The summed E-state index contributed by atoms with van der Waals surface area (Å²) in [7, 11) is 0. The maximum absolute atomic E-state index is 14.2. The Bertz CT molecular complexity index is 2810. The average Bonchev–Trinajstić information content (AvgIpc) is 3.99. The first kappa shape index (κ1) is 46.8. The highest BCUT2D eigenvalue weighted by molar-refractivity contribution is 6.04. The topological polar surface area (TPSA) is 213 Å². The second-order valence-corrected chi connectivity index (χ2v) is 15.5. The second kappa shape index (κ2) is 19.8. The van der Waals surface area contributed by atoms with Crippen molar-refractivity contribution in [3.05, 3.63) is 107 Å². The fourth-order valence-electron chi connectivity index (χ4n) is 6.40. The van der Waals surface area contributed by atoms with Crippen LogP contribution in [0.2, 0.25) is 0 Å². The Balaban J connectivity index is 0.000000188. The van der Waals surface area contributed by atoms with Crippen LogP contribution < -0.4 is 9.47 Å². The molecule has 6 aromatic rings. The van der Waals surface area contributed by atoms with Gasteiger partial charge in [0.2, 0.25) is 0 Å². The van der Waals surface area contributed by atoms with Crippen molar-refractivity contribution in [2.24, 2.45) is 11.8 Å². The van der Waals surface area contributed by atoms with Crippen LogP contribution in [0.25, 0.3) is 21.8 Å². The van der Waals surface area contributed by atoms with E-state index < -0.39 is 58.8 Å². The molecule has 0 bridgehead atoms. The molecule has 0 spiro atoms. The summed E-state index contributed by atoms with van der Waals surface area (Å²) in [5.41, 5.74) is 0.954. The number of aromatic carboxylic acids is 1. The molecular formula is C44H40F4N6O11. The van der Waals surface area contributed by atoms with Gasteiger partial charge < -0.3 is 19.4 Å². The number of fused-ring (bicyclic) bond motifs is 2. The largest absolute Gasteiger partial charge is 0.478 e. The summed E-state index contributed by atoms with van der Waals surface area (Å²) >= 11 is 0. The maximum atomic E-state index is 14.2. The maximum Gasteiger partial charge on any atom is 0.367 e. The van der Waals surface area contributed by atoms with Crippen LogP contribution in [0.4, 0.5) is 17.6 Å². The summed E-state index contributed by atoms with van der Waals surface area (Å²) in [4.78, 5) is 73.7. The summed E-state index contributed by atoms with van der Waals surface area (Å²) in [6, 6.07) is 11.4. The molecule has 2 N–H and O–H groups in total. The number of rotatable bonds is 11. The third-order valence-corrected chi connectivity index (χ3v) is 9.45. The summed E-state index contributed by atoms with van der Waals surface area (Å²) in [5.74, 6) is -8.05. The smallest absolute Gasteiger partial charge is 0.367 e. The predicted octanol–water partition coefficient (Wildman–Crippen LogP) is 7.97. The van der Waals surface area contributed by atoms with Crippen molar-refractivity contribution >= 4 is 57.4 Å². The van der Waals surface area contributed by atoms with E-state index in [0.717, 1.165) is 24.3 Å². The molecule has 0 atom stereocenters. The molecule has 65 heavy (non-hydrogen) atoms. The molecule has 340 valence electrons. The van der Waals surface area contributed by atoms with Crippen LogP contribution in [0.1, 0.15) is 74.1 Å². The number of nitrogens with zero attached hydrogens (tertiary/aromatic N) is 6. The minimum atomic E-state index is -1.21. The summed E-state index contributed by atoms with van der Waals surface area (Å²) < 4.78 is 68.6. The fourth-order valence-corrected chi connectivity index (χ4v) is 6.40. The van der Waals surface area contributed by atoms with E-state index in [4.69, 9.17) is 19.5 Å². The lowest BCUT2D eigenvalue weighted by atomic mass is 10.1. The molecule has 2 aromatic heterocycles. The van der Waals surface area contributed by atoms with Crippen LogP contribution >= 0.6 is 0 Å². The molecular weight excluding hydrogens is 865 g/mol. The van der Waals surface area contributed by atoms with Gasteiger partial charge in [0.05, 0.1) is 23.4 Å². The molecule has 2 aliphatic rings. The van der Waals surface area contributed by atoms with E-state index in [9.17, 15) is 51.4 Å². The van der Waals surface area contributed by atoms with Crippen molar-refractivity contribution < 1.29 is 71.0 Å². The molecule has 21 heteroatoms. The molecule has 0 unspecified atom stereocenters. The summed E-state index contributed by atoms with van der Waals surface area (Å²) in [6.45, 7) is 9.26. The van der Waals surface area contributed by atoms with E-state index in [1.807, 2.05) is 27.7 Å². The Morgan fingerprint density at radius 3 is 1.42 bits per heavy atom. The van der Waals surface area contributed by atoms with Gasteiger partial charge in [0, 0.05) is 61.7 Å². The van der Waals surface area contributed by atoms with Gasteiger partial charge in [-0.3, -0.25) is 33.7 Å². The lowest BCUT2D eigenvalue weighted by Crippen LogP contribution is -2.32. The molecule has 0 saturated carbocycles.